The Labute approximate surface area is 120 Å². The highest BCUT2D eigenvalue weighted by molar-refractivity contribution is 5.98. The monoisotopic (exact) mass is 288 g/mol. The summed E-state index contributed by atoms with van der Waals surface area (Å²) in [5, 5.41) is 2.75. The summed E-state index contributed by atoms with van der Waals surface area (Å²) in [5.41, 5.74) is 0.621. The Bertz CT molecular complexity index is 652. The number of amides is 2. The van der Waals surface area contributed by atoms with Crippen molar-refractivity contribution < 1.29 is 18.4 Å². The molecule has 1 aromatic carbocycles. The molecule has 1 atom stereocenters. The summed E-state index contributed by atoms with van der Waals surface area (Å²) < 4.78 is 17.9. The first kappa shape index (κ1) is 13.4. The van der Waals surface area contributed by atoms with Gasteiger partial charge in [-0.05, 0) is 36.4 Å². The molecule has 5 nitrogen and oxygen atoms in total. The second-order valence-electron chi connectivity index (χ2n) is 4.83. The first-order valence-electron chi connectivity index (χ1n) is 6.54. The summed E-state index contributed by atoms with van der Waals surface area (Å²) in [6, 6.07) is 8.59. The molecular formula is C15H13FN2O3. The van der Waals surface area contributed by atoms with Crippen LogP contribution in [0.1, 0.15) is 17.0 Å². The SMILES string of the molecule is O=C(N[C@@H]1CC(=O)N(c2ccc(F)cc2)C1)c1ccco1. The van der Waals surface area contributed by atoms with Crippen molar-refractivity contribution in [2.75, 3.05) is 11.4 Å². The van der Waals surface area contributed by atoms with Crippen LogP contribution in [0.4, 0.5) is 10.1 Å². The number of hydrogen-bond acceptors (Lipinski definition) is 3. The molecule has 0 aliphatic carbocycles. The number of hydrogen-bond donors (Lipinski definition) is 1. The Kier molecular flexibility index (Phi) is 3.43. The van der Waals surface area contributed by atoms with Crippen LogP contribution in [0.15, 0.2) is 47.1 Å². The predicted octanol–water partition coefficient (Wildman–Crippen LogP) is 1.95. The zero-order valence-corrected chi connectivity index (χ0v) is 11.1. The van der Waals surface area contributed by atoms with Crippen LogP contribution in [0.5, 0.6) is 0 Å². The van der Waals surface area contributed by atoms with Gasteiger partial charge in [0.15, 0.2) is 5.76 Å². The highest BCUT2D eigenvalue weighted by Crippen LogP contribution is 2.22. The highest BCUT2D eigenvalue weighted by Gasteiger charge is 2.32. The Balaban J connectivity index is 1.67. The van der Waals surface area contributed by atoms with Crippen LogP contribution in [-0.4, -0.2) is 24.4 Å². The third kappa shape index (κ3) is 2.79. The molecule has 108 valence electrons. The first-order chi connectivity index (χ1) is 10.1. The van der Waals surface area contributed by atoms with E-state index in [9.17, 15) is 14.0 Å². The van der Waals surface area contributed by atoms with E-state index in [1.54, 1.807) is 24.3 Å². The van der Waals surface area contributed by atoms with Crippen LogP contribution in [-0.2, 0) is 4.79 Å². The lowest BCUT2D eigenvalue weighted by Crippen LogP contribution is -2.37. The maximum Gasteiger partial charge on any atom is 0.287 e. The van der Waals surface area contributed by atoms with Crippen LogP contribution in [0, 0.1) is 5.82 Å². The summed E-state index contributed by atoms with van der Waals surface area (Å²) in [5.74, 6) is -0.596. The Morgan fingerprint density at radius 2 is 2.05 bits per heavy atom. The van der Waals surface area contributed by atoms with Crippen LogP contribution < -0.4 is 10.2 Å². The van der Waals surface area contributed by atoms with Crippen molar-refractivity contribution in [1.29, 1.82) is 0 Å². The molecule has 2 aromatic rings. The van der Waals surface area contributed by atoms with E-state index < -0.39 is 0 Å². The topological polar surface area (TPSA) is 62.6 Å². The largest absolute Gasteiger partial charge is 0.459 e. The molecule has 1 N–H and O–H groups in total. The number of benzene rings is 1. The van der Waals surface area contributed by atoms with Gasteiger partial charge in [0.1, 0.15) is 5.82 Å². The molecule has 0 radical (unpaired) electrons. The van der Waals surface area contributed by atoms with E-state index in [4.69, 9.17) is 4.42 Å². The standard InChI is InChI=1S/C15H13FN2O3/c16-10-3-5-12(6-4-10)18-9-11(8-14(18)19)17-15(20)13-2-1-7-21-13/h1-7,11H,8-9H2,(H,17,20)/t11-/m1/s1. The number of carbonyl (C=O) groups is 2. The van der Waals surface area contributed by atoms with Crippen LogP contribution in [0.2, 0.25) is 0 Å². The minimum Gasteiger partial charge on any atom is -0.459 e. The third-order valence-electron chi connectivity index (χ3n) is 3.34. The van der Waals surface area contributed by atoms with Crippen LogP contribution in [0.25, 0.3) is 0 Å². The number of nitrogens with one attached hydrogen (secondary N) is 1. The molecule has 1 aliphatic rings. The van der Waals surface area contributed by atoms with Gasteiger partial charge >= 0.3 is 0 Å². The lowest BCUT2D eigenvalue weighted by atomic mass is 10.2. The fourth-order valence-electron chi connectivity index (χ4n) is 2.34. The lowest BCUT2D eigenvalue weighted by molar-refractivity contribution is -0.117. The molecule has 6 heteroatoms. The number of anilines is 1. The van der Waals surface area contributed by atoms with Gasteiger partial charge in [-0.3, -0.25) is 9.59 Å². The number of rotatable bonds is 3. The normalized spacial score (nSPS) is 18.0. The van der Waals surface area contributed by atoms with Crippen molar-refractivity contribution in [2.24, 2.45) is 0 Å². The van der Waals surface area contributed by atoms with Gasteiger partial charge < -0.3 is 14.6 Å². The van der Waals surface area contributed by atoms with E-state index in [0.717, 1.165) is 0 Å². The molecule has 1 aromatic heterocycles. The van der Waals surface area contributed by atoms with Crippen molar-refractivity contribution in [3.05, 3.63) is 54.2 Å². The number of carbonyl (C=O) groups excluding carboxylic acids is 2. The maximum atomic E-state index is 12.9. The second-order valence-corrected chi connectivity index (χ2v) is 4.83. The van der Waals surface area contributed by atoms with Crippen LogP contribution in [0.3, 0.4) is 0 Å². The molecule has 0 unspecified atom stereocenters. The molecular weight excluding hydrogens is 275 g/mol. The average molecular weight is 288 g/mol. The van der Waals surface area contributed by atoms with Gasteiger partial charge in [0.2, 0.25) is 5.91 Å². The second kappa shape index (κ2) is 5.40. The molecule has 0 saturated carbocycles. The summed E-state index contributed by atoms with van der Waals surface area (Å²) >= 11 is 0. The van der Waals surface area contributed by atoms with Gasteiger partial charge in [0, 0.05) is 18.7 Å². The Morgan fingerprint density at radius 1 is 1.29 bits per heavy atom. The van der Waals surface area contributed by atoms with E-state index in [1.807, 2.05) is 0 Å². The molecule has 0 bridgehead atoms. The molecule has 2 heterocycles. The third-order valence-corrected chi connectivity index (χ3v) is 3.34. The molecule has 0 spiro atoms. The Morgan fingerprint density at radius 3 is 2.71 bits per heavy atom. The quantitative estimate of drug-likeness (QED) is 0.939. The molecule has 1 fully saturated rings. The predicted molar refractivity (Wildman–Crippen MR) is 73.3 cm³/mol. The van der Waals surface area contributed by atoms with Gasteiger partial charge in [-0.25, -0.2) is 4.39 Å². The zero-order valence-electron chi connectivity index (χ0n) is 11.1. The van der Waals surface area contributed by atoms with Crippen molar-refractivity contribution in [3.63, 3.8) is 0 Å². The summed E-state index contributed by atoms with van der Waals surface area (Å²) in [6.07, 6.45) is 1.63. The number of halogens is 1. The lowest BCUT2D eigenvalue weighted by Gasteiger charge is -2.17. The van der Waals surface area contributed by atoms with Gasteiger partial charge in [0.05, 0.1) is 12.3 Å². The van der Waals surface area contributed by atoms with Gasteiger partial charge in [-0.1, -0.05) is 0 Å². The Hall–Kier alpha value is -2.63. The molecule has 21 heavy (non-hydrogen) atoms. The minimum atomic E-state index is -0.354. The molecule has 1 aliphatic heterocycles. The minimum absolute atomic E-state index is 0.105. The molecule has 2 amide bonds. The maximum absolute atomic E-state index is 12.9. The van der Waals surface area contributed by atoms with Crippen LogP contribution >= 0.6 is 0 Å². The molecule has 1 saturated heterocycles. The smallest absolute Gasteiger partial charge is 0.287 e. The van der Waals surface area contributed by atoms with Crippen molar-refractivity contribution >= 4 is 17.5 Å². The molecule has 3 rings (SSSR count). The highest BCUT2D eigenvalue weighted by atomic mass is 19.1. The van der Waals surface area contributed by atoms with E-state index in [2.05, 4.69) is 5.32 Å². The average Bonchev–Trinajstić information content (AvgIpc) is 3.10. The van der Waals surface area contributed by atoms with Crippen molar-refractivity contribution in [1.82, 2.24) is 5.32 Å². The van der Waals surface area contributed by atoms with E-state index >= 15 is 0 Å². The fourth-order valence-corrected chi connectivity index (χ4v) is 2.34. The van der Waals surface area contributed by atoms with E-state index in [0.29, 0.717) is 12.2 Å². The number of furan rings is 1. The van der Waals surface area contributed by atoms with Gasteiger partial charge in [-0.15, -0.1) is 0 Å². The number of nitrogens with zero attached hydrogens (tertiary/aromatic N) is 1. The van der Waals surface area contributed by atoms with Crippen molar-refractivity contribution in [3.8, 4) is 0 Å². The summed E-state index contributed by atoms with van der Waals surface area (Å²) in [6.45, 7) is 0.358. The zero-order chi connectivity index (χ0) is 14.8. The van der Waals surface area contributed by atoms with E-state index in [1.165, 1.54) is 23.3 Å². The first-order valence-corrected chi connectivity index (χ1v) is 6.54. The van der Waals surface area contributed by atoms with E-state index in [-0.39, 0.29) is 35.9 Å². The van der Waals surface area contributed by atoms with Crippen molar-refractivity contribution in [2.45, 2.75) is 12.5 Å². The fraction of sp³-hybridized carbons (Fsp3) is 0.200. The van der Waals surface area contributed by atoms with Gasteiger partial charge in [0.25, 0.3) is 5.91 Å². The summed E-state index contributed by atoms with van der Waals surface area (Å²) in [7, 11) is 0. The van der Waals surface area contributed by atoms with Gasteiger partial charge in [-0.2, -0.15) is 0 Å². The summed E-state index contributed by atoms with van der Waals surface area (Å²) in [4.78, 5) is 25.4.